The van der Waals surface area contributed by atoms with E-state index in [2.05, 4.69) is 0 Å². The molecule has 0 aromatic rings. The first-order valence-electron chi connectivity index (χ1n) is 6.33. The van der Waals surface area contributed by atoms with Crippen LogP contribution in [0.3, 0.4) is 0 Å². The lowest BCUT2D eigenvalue weighted by Gasteiger charge is -2.13. The Labute approximate surface area is 132 Å². The Bertz CT molecular complexity index is 738. The molecule has 0 fully saturated rings. The predicted molar refractivity (Wildman–Crippen MR) is 77.0 cm³/mol. The maximum absolute atomic E-state index is 11.1. The van der Waals surface area contributed by atoms with E-state index < -0.39 is 43.2 Å². The van der Waals surface area contributed by atoms with Crippen molar-refractivity contribution >= 4 is 0 Å². The molecule has 0 spiro atoms. The molecule has 2 aliphatic carbocycles. The summed E-state index contributed by atoms with van der Waals surface area (Å²) in [4.78, 5) is 40.5. The number of nitrogens with zero attached hydrogens (tertiary/aromatic N) is 4. The average molecular weight is 336 g/mol. The van der Waals surface area contributed by atoms with Gasteiger partial charge in [0.2, 0.25) is 0 Å². The van der Waals surface area contributed by atoms with Crippen molar-refractivity contribution in [3.63, 3.8) is 0 Å². The molecule has 2 aliphatic rings. The summed E-state index contributed by atoms with van der Waals surface area (Å²) in [5, 5.41) is 43.8. The molecule has 124 valence electrons. The molecule has 0 radical (unpaired) electrons. The zero-order chi connectivity index (χ0) is 18.0. The highest BCUT2D eigenvalue weighted by Gasteiger charge is 2.35. The lowest BCUT2D eigenvalue weighted by molar-refractivity contribution is -0.500. The van der Waals surface area contributed by atoms with Crippen LogP contribution in [0.4, 0.5) is 0 Å². The Kier molecular flexibility index (Phi) is 4.30. The first-order chi connectivity index (χ1) is 11.2. The van der Waals surface area contributed by atoms with E-state index in [1.54, 1.807) is 0 Å². The molecule has 0 N–H and O–H groups in total. The fourth-order valence-electron chi connectivity index (χ4n) is 2.21. The van der Waals surface area contributed by atoms with Crippen LogP contribution < -0.4 is 0 Å². The maximum atomic E-state index is 11.1. The van der Waals surface area contributed by atoms with E-state index in [9.17, 15) is 40.5 Å². The topological polar surface area (TPSA) is 173 Å². The van der Waals surface area contributed by atoms with Crippen LogP contribution in [0, 0.1) is 40.5 Å². The molecule has 12 heteroatoms. The number of allylic oxidation sites excluding steroid dienone is 2. The Hall–Kier alpha value is -3.70. The second-order valence-corrected chi connectivity index (χ2v) is 4.72. The zero-order valence-corrected chi connectivity index (χ0v) is 11.7. The van der Waals surface area contributed by atoms with Crippen molar-refractivity contribution in [2.24, 2.45) is 0 Å². The first kappa shape index (κ1) is 16.7. The summed E-state index contributed by atoms with van der Waals surface area (Å²) in [7, 11) is 0. The zero-order valence-electron chi connectivity index (χ0n) is 11.7. The van der Waals surface area contributed by atoms with Crippen LogP contribution in [-0.4, -0.2) is 31.8 Å². The second kappa shape index (κ2) is 6.20. The van der Waals surface area contributed by atoms with E-state index in [-0.39, 0.29) is 11.1 Å². The minimum absolute atomic E-state index is 0.223. The predicted octanol–water partition coefficient (Wildman–Crippen LogP) is 1.03. The molecule has 0 aromatic heterocycles. The van der Waals surface area contributed by atoms with Crippen LogP contribution >= 0.6 is 0 Å². The van der Waals surface area contributed by atoms with Gasteiger partial charge in [-0.15, -0.1) is 0 Å². The molecule has 0 amide bonds. The van der Waals surface area contributed by atoms with Gasteiger partial charge in [0.05, 0.1) is 33.1 Å². The molecule has 0 heterocycles. The van der Waals surface area contributed by atoms with Crippen molar-refractivity contribution in [1.82, 2.24) is 0 Å². The summed E-state index contributed by atoms with van der Waals surface area (Å²) in [6.07, 6.45) is 5.67. The number of nitro groups is 4. The van der Waals surface area contributed by atoms with Crippen molar-refractivity contribution < 1.29 is 19.7 Å². The van der Waals surface area contributed by atoms with Crippen LogP contribution in [0.2, 0.25) is 0 Å². The average Bonchev–Trinajstić information content (AvgIpc) is 2.53. The first-order valence-corrected chi connectivity index (χ1v) is 6.33. The molecular formula is C12H8N4O8. The normalized spacial score (nSPS) is 25.7. The summed E-state index contributed by atoms with van der Waals surface area (Å²) in [5.41, 5.74) is -1.80. The third kappa shape index (κ3) is 3.06. The Balaban J connectivity index is 2.61. The monoisotopic (exact) mass is 336 g/mol. The summed E-state index contributed by atoms with van der Waals surface area (Å²) < 4.78 is 0. The second-order valence-electron chi connectivity index (χ2n) is 4.72. The highest BCUT2D eigenvalue weighted by atomic mass is 16.6. The van der Waals surface area contributed by atoms with E-state index in [4.69, 9.17) is 0 Å². The summed E-state index contributed by atoms with van der Waals surface area (Å²) in [6, 6.07) is -2.87. The van der Waals surface area contributed by atoms with Gasteiger partial charge in [-0.2, -0.15) is 0 Å². The summed E-state index contributed by atoms with van der Waals surface area (Å²) in [6.45, 7) is 0. The van der Waals surface area contributed by atoms with Gasteiger partial charge in [-0.05, 0) is 24.3 Å². The van der Waals surface area contributed by atoms with E-state index in [1.165, 1.54) is 0 Å². The minimum atomic E-state index is -1.43. The SMILES string of the molecule is O=[N+]([O-])C1=CC([N+](=O)[O-])C=C/C1=C1/C=CC([N+](=O)[O-])C=C1[N+](=O)[O-]. The van der Waals surface area contributed by atoms with Crippen molar-refractivity contribution in [2.75, 3.05) is 0 Å². The van der Waals surface area contributed by atoms with Crippen molar-refractivity contribution in [3.05, 3.63) is 99.5 Å². The van der Waals surface area contributed by atoms with Crippen LogP contribution in [0.25, 0.3) is 0 Å². The molecular weight excluding hydrogens is 328 g/mol. The van der Waals surface area contributed by atoms with Gasteiger partial charge < -0.3 is 0 Å². The summed E-state index contributed by atoms with van der Waals surface area (Å²) in [5.74, 6) is 0. The lowest BCUT2D eigenvalue weighted by atomic mass is 9.92. The summed E-state index contributed by atoms with van der Waals surface area (Å²) >= 11 is 0. The van der Waals surface area contributed by atoms with Crippen LogP contribution in [0.1, 0.15) is 0 Å². The van der Waals surface area contributed by atoms with Gasteiger partial charge in [0, 0.05) is 9.85 Å². The standard InChI is InChI=1S/C12H8N4O8/c17-13(18)7-1-3-9(11(5-7)15(21)22)10-4-2-8(14(19)20)6-12(10)16(23)24/h1-8H/b10-9+. The molecule has 2 unspecified atom stereocenters. The molecule has 0 aliphatic heterocycles. The fraction of sp³-hybridized carbons (Fsp3) is 0.167. The molecule has 0 aromatic carbocycles. The van der Waals surface area contributed by atoms with Gasteiger partial charge in [-0.3, -0.25) is 40.5 Å². The van der Waals surface area contributed by atoms with Crippen LogP contribution in [0.15, 0.2) is 59.0 Å². The van der Waals surface area contributed by atoms with E-state index >= 15 is 0 Å². The quantitative estimate of drug-likeness (QED) is 0.540. The Morgan fingerprint density at radius 1 is 0.667 bits per heavy atom. The van der Waals surface area contributed by atoms with E-state index in [0.29, 0.717) is 0 Å². The molecule has 12 nitrogen and oxygen atoms in total. The van der Waals surface area contributed by atoms with Gasteiger partial charge in [-0.1, -0.05) is 0 Å². The highest BCUT2D eigenvalue weighted by Crippen LogP contribution is 2.30. The number of hydrogen-bond acceptors (Lipinski definition) is 8. The Morgan fingerprint density at radius 2 is 1.00 bits per heavy atom. The van der Waals surface area contributed by atoms with E-state index in [0.717, 1.165) is 36.5 Å². The van der Waals surface area contributed by atoms with Gasteiger partial charge >= 0.3 is 0 Å². The molecule has 0 saturated carbocycles. The number of rotatable bonds is 4. The largest absolute Gasteiger partial charge is 0.280 e. The van der Waals surface area contributed by atoms with Crippen molar-refractivity contribution in [1.29, 1.82) is 0 Å². The molecule has 0 bridgehead atoms. The van der Waals surface area contributed by atoms with Crippen LogP contribution in [0.5, 0.6) is 0 Å². The van der Waals surface area contributed by atoms with Gasteiger partial charge in [0.25, 0.3) is 23.5 Å². The lowest BCUT2D eigenvalue weighted by Crippen LogP contribution is -2.23. The van der Waals surface area contributed by atoms with Gasteiger partial charge in [-0.25, -0.2) is 0 Å². The molecule has 24 heavy (non-hydrogen) atoms. The fourth-order valence-corrected chi connectivity index (χ4v) is 2.21. The maximum Gasteiger partial charge on any atom is 0.280 e. The molecule has 2 atom stereocenters. The molecule has 0 saturated heterocycles. The van der Waals surface area contributed by atoms with Crippen LogP contribution in [-0.2, 0) is 0 Å². The highest BCUT2D eigenvalue weighted by molar-refractivity contribution is 5.55. The third-order valence-electron chi connectivity index (χ3n) is 3.30. The third-order valence-corrected chi connectivity index (χ3v) is 3.30. The van der Waals surface area contributed by atoms with Gasteiger partial charge in [0.15, 0.2) is 0 Å². The van der Waals surface area contributed by atoms with Crippen molar-refractivity contribution in [3.8, 4) is 0 Å². The molecule has 2 rings (SSSR count). The van der Waals surface area contributed by atoms with Crippen molar-refractivity contribution in [2.45, 2.75) is 12.1 Å². The smallest absolute Gasteiger partial charge is 0.264 e. The van der Waals surface area contributed by atoms with Gasteiger partial charge in [0.1, 0.15) is 0 Å². The number of hydrogen-bond donors (Lipinski definition) is 0. The Morgan fingerprint density at radius 3 is 1.25 bits per heavy atom. The van der Waals surface area contributed by atoms with E-state index in [1.807, 2.05) is 0 Å². The minimum Gasteiger partial charge on any atom is -0.264 e.